The summed E-state index contributed by atoms with van der Waals surface area (Å²) >= 11 is 0. The van der Waals surface area contributed by atoms with E-state index in [2.05, 4.69) is 72.7 Å². The Hall–Kier alpha value is -8.95. The number of cyclic esters (lactones) is 1. The fourth-order valence-corrected chi connectivity index (χ4v) is 9.56. The molecule has 3 atom stereocenters. The Morgan fingerprint density at radius 2 is 1.17 bits per heavy atom. The highest BCUT2D eigenvalue weighted by molar-refractivity contribution is 5.94. The first kappa shape index (κ1) is 58.2. The topological polar surface area (TPSA) is 212 Å². The zero-order valence-corrected chi connectivity index (χ0v) is 46.2. The van der Waals surface area contributed by atoms with Crippen LogP contribution < -0.4 is 4.74 Å². The maximum Gasteiger partial charge on any atom is 0.416 e. The number of aliphatic hydroxyl groups is 1. The Balaban J connectivity index is 0.000000167. The minimum atomic E-state index is -0.893. The molecule has 5 heterocycles. The second kappa shape index (κ2) is 28.8. The van der Waals surface area contributed by atoms with Gasteiger partial charge in [-0.1, -0.05) is 140 Å². The molecule has 0 aliphatic carbocycles. The number of nitrogens with zero attached hydrogens (tertiary/aromatic N) is 3. The fraction of sp³-hybridized carbons (Fsp3) is 0.288. The SMILES string of the molecule is CCCCc1ccc(-c2cc(CO)c(C)o2)cc1.CCCCc1ccc(-c2cc(COc3ccc([C@H](CC(=O)O)c4ccon4)cc3)c(C)o2)cc1.O=C(C[C@@H](c1ccc(O)cc1)c1ccon1)N1C(=O)OC[C@@H]1Cc1ccccc1. The van der Waals surface area contributed by atoms with Gasteiger partial charge >= 0.3 is 12.1 Å². The number of rotatable bonds is 22. The summed E-state index contributed by atoms with van der Waals surface area (Å²) in [5.74, 6) is 2.09. The number of hydrogen-bond donors (Lipinski definition) is 3. The van der Waals surface area contributed by atoms with Gasteiger partial charge in [0.05, 0.1) is 30.5 Å². The normalized spacial score (nSPS) is 13.6. The number of carboxylic acid groups (broad SMARTS) is 1. The Morgan fingerprint density at radius 3 is 1.67 bits per heavy atom. The number of aryl methyl sites for hydroxylation is 4. The van der Waals surface area contributed by atoms with Crippen LogP contribution in [0.2, 0.25) is 0 Å². The number of imide groups is 1. The number of aliphatic hydroxyl groups excluding tert-OH is 1. The molecule has 420 valence electrons. The lowest BCUT2D eigenvalue weighted by molar-refractivity contribution is -0.137. The van der Waals surface area contributed by atoms with Crippen LogP contribution in [0.5, 0.6) is 11.5 Å². The molecule has 9 aromatic rings. The van der Waals surface area contributed by atoms with Crippen LogP contribution in [0.4, 0.5) is 4.79 Å². The molecule has 5 aromatic carbocycles. The van der Waals surface area contributed by atoms with Crippen LogP contribution in [0.15, 0.2) is 182 Å². The van der Waals surface area contributed by atoms with Gasteiger partial charge in [0.1, 0.15) is 60.3 Å². The van der Waals surface area contributed by atoms with E-state index in [1.165, 1.54) is 54.2 Å². The van der Waals surface area contributed by atoms with Gasteiger partial charge in [-0.2, -0.15) is 0 Å². The summed E-state index contributed by atoms with van der Waals surface area (Å²) in [5.41, 5.74) is 10.5. The van der Waals surface area contributed by atoms with Gasteiger partial charge < -0.3 is 42.7 Å². The number of aromatic nitrogens is 2. The van der Waals surface area contributed by atoms with E-state index in [1.807, 2.05) is 80.6 Å². The predicted octanol–water partition coefficient (Wildman–Crippen LogP) is 14.4. The van der Waals surface area contributed by atoms with Gasteiger partial charge in [-0.15, -0.1) is 0 Å². The molecule has 1 aliphatic heterocycles. The molecule has 1 aliphatic rings. The first-order valence-electron chi connectivity index (χ1n) is 27.4. The summed E-state index contributed by atoms with van der Waals surface area (Å²) in [6.07, 6.45) is 9.83. The van der Waals surface area contributed by atoms with Crippen LogP contribution in [0.25, 0.3) is 22.6 Å². The van der Waals surface area contributed by atoms with Crippen LogP contribution in [0.3, 0.4) is 0 Å². The van der Waals surface area contributed by atoms with E-state index in [-0.39, 0.29) is 49.7 Å². The van der Waals surface area contributed by atoms with Crippen LogP contribution in [0, 0.1) is 13.8 Å². The van der Waals surface area contributed by atoms with E-state index in [1.54, 1.807) is 36.4 Å². The van der Waals surface area contributed by atoms with Crippen LogP contribution in [-0.4, -0.2) is 61.2 Å². The number of phenols is 1. The molecule has 0 spiro atoms. The molecule has 1 fully saturated rings. The molecule has 4 aromatic heterocycles. The third-order valence-corrected chi connectivity index (χ3v) is 14.2. The second-order valence-corrected chi connectivity index (χ2v) is 20.0. The number of carboxylic acids is 1. The van der Waals surface area contributed by atoms with E-state index >= 15 is 0 Å². The van der Waals surface area contributed by atoms with Gasteiger partial charge in [-0.3, -0.25) is 9.59 Å². The summed E-state index contributed by atoms with van der Waals surface area (Å²) in [6, 6.07) is 47.6. The highest BCUT2D eigenvalue weighted by Gasteiger charge is 2.39. The van der Waals surface area contributed by atoms with Crippen molar-refractivity contribution in [3.63, 3.8) is 0 Å². The van der Waals surface area contributed by atoms with Gasteiger partial charge in [0.2, 0.25) is 5.91 Å². The molecular weight excluding hydrogens is 1030 g/mol. The molecular formula is C66H69N3O12. The lowest BCUT2D eigenvalue weighted by Crippen LogP contribution is -2.40. The van der Waals surface area contributed by atoms with Crippen LogP contribution >= 0.6 is 0 Å². The van der Waals surface area contributed by atoms with Gasteiger partial charge in [0.25, 0.3) is 0 Å². The van der Waals surface area contributed by atoms with Crippen molar-refractivity contribution >= 4 is 18.0 Å². The maximum absolute atomic E-state index is 13.1. The van der Waals surface area contributed by atoms with E-state index < -0.39 is 18.0 Å². The third kappa shape index (κ3) is 16.1. The van der Waals surface area contributed by atoms with Crippen molar-refractivity contribution < 1.29 is 57.1 Å². The van der Waals surface area contributed by atoms with Crippen molar-refractivity contribution in [1.82, 2.24) is 15.2 Å². The molecule has 0 radical (unpaired) electrons. The number of carbonyl (C=O) groups is 3. The molecule has 0 saturated carbocycles. The molecule has 3 N–H and O–H groups in total. The van der Waals surface area contributed by atoms with Crippen molar-refractivity contribution in [2.24, 2.45) is 0 Å². The smallest absolute Gasteiger partial charge is 0.416 e. The van der Waals surface area contributed by atoms with Gasteiger partial charge in [0, 0.05) is 52.6 Å². The zero-order chi connectivity index (χ0) is 57.1. The Kier molecular flexibility index (Phi) is 20.7. The van der Waals surface area contributed by atoms with Crippen molar-refractivity contribution in [2.75, 3.05) is 6.61 Å². The molecule has 15 nitrogen and oxygen atoms in total. The third-order valence-electron chi connectivity index (χ3n) is 14.2. The molecule has 10 rings (SSSR count). The number of carbonyl (C=O) groups excluding carboxylic acids is 2. The minimum Gasteiger partial charge on any atom is -0.508 e. The zero-order valence-electron chi connectivity index (χ0n) is 46.2. The molecule has 0 unspecified atom stereocenters. The van der Waals surface area contributed by atoms with Crippen LogP contribution in [0.1, 0.15) is 126 Å². The number of hydrogen-bond acceptors (Lipinski definition) is 13. The van der Waals surface area contributed by atoms with E-state index in [0.717, 1.165) is 74.8 Å². The van der Waals surface area contributed by atoms with Crippen molar-refractivity contribution in [3.05, 3.63) is 226 Å². The highest BCUT2D eigenvalue weighted by Crippen LogP contribution is 2.33. The molecule has 1 saturated heterocycles. The van der Waals surface area contributed by atoms with Crippen molar-refractivity contribution in [1.29, 1.82) is 0 Å². The van der Waals surface area contributed by atoms with Gasteiger partial charge in [-0.05, 0) is 110 Å². The number of furan rings is 2. The largest absolute Gasteiger partial charge is 0.508 e. The first-order chi connectivity index (χ1) is 39.4. The lowest BCUT2D eigenvalue weighted by Gasteiger charge is -2.22. The minimum absolute atomic E-state index is 0.0255. The molecule has 15 heteroatoms. The van der Waals surface area contributed by atoms with E-state index in [4.69, 9.17) is 32.5 Å². The average Bonchev–Trinajstić information content (AvgIpc) is 4.39. The molecule has 81 heavy (non-hydrogen) atoms. The Labute approximate surface area is 471 Å². The number of benzene rings is 5. The summed E-state index contributed by atoms with van der Waals surface area (Å²) in [4.78, 5) is 37.9. The van der Waals surface area contributed by atoms with Crippen molar-refractivity contribution in [3.8, 4) is 34.1 Å². The molecule has 0 bridgehead atoms. The Morgan fingerprint density at radius 1 is 0.654 bits per heavy atom. The van der Waals surface area contributed by atoms with Crippen LogP contribution in [-0.2, 0) is 46.8 Å². The number of amides is 2. The number of aromatic hydroxyl groups is 1. The summed E-state index contributed by atoms with van der Waals surface area (Å²) in [6.45, 7) is 8.81. The fourth-order valence-electron chi connectivity index (χ4n) is 9.56. The number of unbranched alkanes of at least 4 members (excludes halogenated alkanes) is 2. The summed E-state index contributed by atoms with van der Waals surface area (Å²) in [7, 11) is 0. The standard InChI is InChI=1S/C28H29NO5.C22H20N2O5.C16H20O2/c1-3-4-5-20-6-8-22(9-7-20)27-16-23(19(2)34-27)18-32-24-12-10-21(11-13-24)25(17-28(30)31)26-14-15-33-29-26;25-18-8-6-16(7-9-18)19(20-10-11-29-23-20)13-21(26)24-17(14-28-22(24)27)12-15-4-2-1-3-5-15;1-3-4-5-13-6-8-14(9-7-13)16-10-15(11-17)12(2)18-16/h6-16,25H,3-5,17-18H2,1-2H3,(H,30,31);1-11,17,19,25H,12-14H2;6-10,17H,3-5,11H2,1-2H3/t25-;17-,19-;/m00./s1. The number of phenolic OH excluding ortho intramolecular Hbond substituents is 1. The van der Waals surface area contributed by atoms with Crippen molar-refractivity contribution in [2.45, 2.75) is 117 Å². The first-order valence-corrected chi connectivity index (χ1v) is 27.4. The monoisotopic (exact) mass is 1100 g/mol. The van der Waals surface area contributed by atoms with Gasteiger partial charge in [-0.25, -0.2) is 9.69 Å². The van der Waals surface area contributed by atoms with Gasteiger partial charge in [0.15, 0.2) is 0 Å². The number of aliphatic carboxylic acids is 1. The maximum atomic E-state index is 13.1. The summed E-state index contributed by atoms with van der Waals surface area (Å²) < 4.78 is 32.6. The average molecular weight is 1100 g/mol. The molecule has 2 amide bonds. The number of ether oxygens (including phenoxy) is 2. The Bertz CT molecular complexity index is 3350. The second-order valence-electron chi connectivity index (χ2n) is 20.0. The lowest BCUT2D eigenvalue weighted by atomic mass is 9.91. The summed E-state index contributed by atoms with van der Waals surface area (Å²) in [5, 5.41) is 35.9. The highest BCUT2D eigenvalue weighted by atomic mass is 16.6. The van der Waals surface area contributed by atoms with E-state index in [0.29, 0.717) is 30.2 Å². The van der Waals surface area contributed by atoms with E-state index in [9.17, 15) is 24.6 Å². The quantitative estimate of drug-likeness (QED) is 0.0576. The predicted molar refractivity (Wildman–Crippen MR) is 305 cm³/mol.